The van der Waals surface area contributed by atoms with Gasteiger partial charge in [-0.25, -0.2) is 4.98 Å². The molecule has 4 aromatic rings. The van der Waals surface area contributed by atoms with E-state index in [4.69, 9.17) is 14.5 Å². The molecule has 3 heterocycles. The molecule has 3 aromatic heterocycles. The summed E-state index contributed by atoms with van der Waals surface area (Å²) in [6.45, 7) is 0.283. The van der Waals surface area contributed by atoms with Crippen molar-refractivity contribution in [1.82, 2.24) is 9.55 Å². The summed E-state index contributed by atoms with van der Waals surface area (Å²) in [6, 6.07) is 13.0. The number of fused-ring (bicyclic) bond motifs is 1. The second-order valence-corrected chi connectivity index (χ2v) is 6.92. The molecule has 0 aliphatic heterocycles. The number of benzene rings is 1. The Morgan fingerprint density at radius 1 is 1.19 bits per heavy atom. The van der Waals surface area contributed by atoms with Crippen LogP contribution in [0.4, 0.5) is 0 Å². The lowest BCUT2D eigenvalue weighted by atomic mass is 10.1. The number of thiophene rings is 1. The van der Waals surface area contributed by atoms with Gasteiger partial charge in [0.25, 0.3) is 5.56 Å². The summed E-state index contributed by atoms with van der Waals surface area (Å²) in [5.41, 5.74) is 1.35. The fraction of sp³-hybridized carbons (Fsp3) is 0.150. The van der Waals surface area contributed by atoms with Gasteiger partial charge in [-0.05, 0) is 18.6 Å². The number of carboxylic acid groups (broad SMARTS) is 1. The van der Waals surface area contributed by atoms with Crippen LogP contribution in [0.25, 0.3) is 32.9 Å². The van der Waals surface area contributed by atoms with Gasteiger partial charge in [-0.2, -0.15) is 0 Å². The molecule has 27 heavy (non-hydrogen) atoms. The molecule has 7 heteroatoms. The van der Waals surface area contributed by atoms with Crippen LogP contribution in [0, 0.1) is 0 Å². The van der Waals surface area contributed by atoms with Crippen molar-refractivity contribution in [2.24, 2.45) is 0 Å². The Morgan fingerprint density at radius 2 is 2.00 bits per heavy atom. The van der Waals surface area contributed by atoms with E-state index in [2.05, 4.69) is 0 Å². The van der Waals surface area contributed by atoms with Gasteiger partial charge in [0, 0.05) is 29.5 Å². The normalized spacial score (nSPS) is 11.1. The average Bonchev–Trinajstić information content (AvgIpc) is 3.33. The van der Waals surface area contributed by atoms with Crippen molar-refractivity contribution in [2.75, 3.05) is 0 Å². The number of hydrogen-bond donors (Lipinski definition) is 1. The molecule has 136 valence electrons. The van der Waals surface area contributed by atoms with Gasteiger partial charge in [0.1, 0.15) is 16.4 Å². The predicted molar refractivity (Wildman–Crippen MR) is 104 cm³/mol. The first-order chi connectivity index (χ1) is 13.1. The number of rotatable bonds is 6. The van der Waals surface area contributed by atoms with E-state index in [9.17, 15) is 9.59 Å². The lowest BCUT2D eigenvalue weighted by molar-refractivity contribution is -0.137. The van der Waals surface area contributed by atoms with Crippen molar-refractivity contribution in [3.8, 4) is 22.7 Å². The van der Waals surface area contributed by atoms with E-state index in [1.165, 1.54) is 11.3 Å². The molecule has 0 unspecified atom stereocenters. The van der Waals surface area contributed by atoms with Gasteiger partial charge in [0.05, 0.1) is 11.6 Å². The molecular weight excluding hydrogens is 364 g/mol. The Hall–Kier alpha value is -3.19. The highest BCUT2D eigenvalue weighted by Crippen LogP contribution is 2.32. The van der Waals surface area contributed by atoms with Crippen LogP contribution < -0.4 is 5.56 Å². The van der Waals surface area contributed by atoms with Gasteiger partial charge >= 0.3 is 5.97 Å². The first kappa shape index (κ1) is 17.2. The highest BCUT2D eigenvalue weighted by Gasteiger charge is 2.19. The molecule has 0 radical (unpaired) electrons. The summed E-state index contributed by atoms with van der Waals surface area (Å²) in [7, 11) is 0. The zero-order valence-electron chi connectivity index (χ0n) is 14.3. The quantitative estimate of drug-likeness (QED) is 0.540. The van der Waals surface area contributed by atoms with Crippen LogP contribution in [0.3, 0.4) is 0 Å². The molecule has 0 aliphatic rings. The zero-order valence-corrected chi connectivity index (χ0v) is 15.1. The van der Waals surface area contributed by atoms with Crippen LogP contribution in [-0.2, 0) is 11.3 Å². The second-order valence-electron chi connectivity index (χ2n) is 6.06. The summed E-state index contributed by atoms with van der Waals surface area (Å²) in [5, 5.41) is 11.3. The lowest BCUT2D eigenvalue weighted by Gasteiger charge is -2.12. The third kappa shape index (κ3) is 3.29. The Bertz CT molecular complexity index is 1140. The monoisotopic (exact) mass is 380 g/mol. The minimum Gasteiger partial charge on any atom is -0.481 e. The molecule has 0 spiro atoms. The molecule has 0 fully saturated rings. The minimum atomic E-state index is -0.884. The van der Waals surface area contributed by atoms with Gasteiger partial charge in [-0.15, -0.1) is 11.3 Å². The topological polar surface area (TPSA) is 85.3 Å². The molecule has 0 saturated heterocycles. The average molecular weight is 380 g/mol. The third-order valence-electron chi connectivity index (χ3n) is 4.28. The van der Waals surface area contributed by atoms with Crippen LogP contribution in [0.2, 0.25) is 0 Å². The van der Waals surface area contributed by atoms with Gasteiger partial charge in [-0.1, -0.05) is 30.3 Å². The summed E-state index contributed by atoms with van der Waals surface area (Å²) in [5.74, 6) is 0.279. The molecule has 1 aromatic carbocycles. The molecule has 4 rings (SSSR count). The third-order valence-corrected chi connectivity index (χ3v) is 5.16. The molecule has 0 saturated carbocycles. The summed E-state index contributed by atoms with van der Waals surface area (Å²) in [6.07, 6.45) is 1.91. The van der Waals surface area contributed by atoms with E-state index in [0.717, 1.165) is 5.56 Å². The fourth-order valence-electron chi connectivity index (χ4n) is 3.04. The molecule has 1 N–H and O–H groups in total. The standard InChI is InChI=1S/C20H16N2O4S/c23-16(24)9-4-10-22-18(13-6-2-1-3-7-13)21-19-17(20(22)25)14(12-27-19)15-8-5-11-26-15/h1-3,5-8,11-12H,4,9-10H2,(H,23,24). The molecule has 6 nitrogen and oxygen atoms in total. The summed E-state index contributed by atoms with van der Waals surface area (Å²) in [4.78, 5) is 29.6. The maximum absolute atomic E-state index is 13.3. The Balaban J connectivity index is 1.91. The number of aromatic nitrogens is 2. The van der Waals surface area contributed by atoms with E-state index >= 15 is 0 Å². The first-order valence-electron chi connectivity index (χ1n) is 8.48. The smallest absolute Gasteiger partial charge is 0.303 e. The van der Waals surface area contributed by atoms with E-state index in [-0.39, 0.29) is 18.5 Å². The Labute approximate surface area is 158 Å². The van der Waals surface area contributed by atoms with Crippen molar-refractivity contribution in [3.63, 3.8) is 0 Å². The predicted octanol–water partition coefficient (Wildman–Crippen LogP) is 4.25. The van der Waals surface area contributed by atoms with Gasteiger partial charge in [0.15, 0.2) is 0 Å². The van der Waals surface area contributed by atoms with Crippen molar-refractivity contribution in [3.05, 3.63) is 64.5 Å². The molecule has 0 atom stereocenters. The largest absolute Gasteiger partial charge is 0.481 e. The van der Waals surface area contributed by atoms with Crippen molar-refractivity contribution >= 4 is 27.5 Å². The van der Waals surface area contributed by atoms with Crippen LogP contribution in [0.15, 0.2) is 63.3 Å². The number of carbonyl (C=O) groups is 1. The van der Waals surface area contributed by atoms with Crippen molar-refractivity contribution in [2.45, 2.75) is 19.4 Å². The highest BCUT2D eigenvalue weighted by molar-refractivity contribution is 7.17. The van der Waals surface area contributed by atoms with E-state index < -0.39 is 5.97 Å². The van der Waals surface area contributed by atoms with E-state index in [1.54, 1.807) is 23.0 Å². The van der Waals surface area contributed by atoms with Crippen molar-refractivity contribution in [1.29, 1.82) is 0 Å². The fourth-order valence-corrected chi connectivity index (χ4v) is 3.96. The van der Waals surface area contributed by atoms with Crippen LogP contribution >= 0.6 is 11.3 Å². The van der Waals surface area contributed by atoms with Crippen LogP contribution in [0.5, 0.6) is 0 Å². The van der Waals surface area contributed by atoms with E-state index in [1.807, 2.05) is 35.7 Å². The maximum Gasteiger partial charge on any atom is 0.303 e. The summed E-state index contributed by atoms with van der Waals surface area (Å²) >= 11 is 1.39. The number of hydrogen-bond acceptors (Lipinski definition) is 5. The van der Waals surface area contributed by atoms with Crippen molar-refractivity contribution < 1.29 is 14.3 Å². The van der Waals surface area contributed by atoms with Gasteiger partial charge in [-0.3, -0.25) is 14.2 Å². The highest BCUT2D eigenvalue weighted by atomic mass is 32.1. The minimum absolute atomic E-state index is 0.00656. The maximum atomic E-state index is 13.3. The van der Waals surface area contributed by atoms with Gasteiger partial charge < -0.3 is 9.52 Å². The van der Waals surface area contributed by atoms with Gasteiger partial charge in [0.2, 0.25) is 0 Å². The van der Waals surface area contributed by atoms with Crippen LogP contribution in [0.1, 0.15) is 12.8 Å². The molecule has 0 amide bonds. The SMILES string of the molecule is O=C(O)CCCn1c(-c2ccccc2)nc2scc(-c3ccco3)c2c1=O. The molecular formula is C20H16N2O4S. The summed E-state index contributed by atoms with van der Waals surface area (Å²) < 4.78 is 7.03. The Morgan fingerprint density at radius 3 is 2.70 bits per heavy atom. The number of nitrogens with zero attached hydrogens (tertiary/aromatic N) is 2. The zero-order chi connectivity index (χ0) is 18.8. The number of carboxylic acids is 1. The van der Waals surface area contributed by atoms with E-state index in [0.29, 0.717) is 33.8 Å². The second kappa shape index (κ2) is 7.20. The van der Waals surface area contributed by atoms with Crippen LogP contribution in [-0.4, -0.2) is 20.6 Å². The molecule has 0 aliphatic carbocycles. The molecule has 0 bridgehead atoms. The number of furan rings is 1. The first-order valence-corrected chi connectivity index (χ1v) is 9.36. The number of aliphatic carboxylic acids is 1. The Kier molecular flexibility index (Phi) is 4.60. The lowest BCUT2D eigenvalue weighted by Crippen LogP contribution is -2.23.